The van der Waals surface area contributed by atoms with Crippen LogP contribution in [0.15, 0.2) is 28.7 Å². The molecule has 160 valence electrons. The minimum absolute atomic E-state index is 0.0277. The van der Waals surface area contributed by atoms with Gasteiger partial charge in [0, 0.05) is 29.1 Å². The molecule has 1 aromatic carbocycles. The van der Waals surface area contributed by atoms with E-state index in [0.717, 1.165) is 61.5 Å². The third-order valence-corrected chi connectivity index (χ3v) is 7.55. The summed E-state index contributed by atoms with van der Waals surface area (Å²) in [5, 5.41) is 4.27. The number of benzene rings is 1. The summed E-state index contributed by atoms with van der Waals surface area (Å²) in [6.07, 6.45) is 6.71. The Morgan fingerprint density at radius 2 is 1.97 bits per heavy atom. The van der Waals surface area contributed by atoms with Gasteiger partial charge in [0.2, 0.25) is 5.91 Å². The Labute approximate surface area is 178 Å². The molecular formula is C25H32N2O3. The largest absolute Gasteiger partial charge is 0.451 e. The van der Waals surface area contributed by atoms with Gasteiger partial charge >= 0.3 is 0 Å². The minimum Gasteiger partial charge on any atom is -0.451 e. The number of carbonyl (C=O) groups is 2. The zero-order valence-electron chi connectivity index (χ0n) is 18.2. The smallest absolute Gasteiger partial charge is 0.290 e. The molecule has 2 amide bonds. The van der Waals surface area contributed by atoms with Crippen LogP contribution in [0.2, 0.25) is 0 Å². The molecule has 2 aromatic rings. The van der Waals surface area contributed by atoms with Crippen molar-refractivity contribution in [3.05, 3.63) is 35.6 Å². The van der Waals surface area contributed by atoms with Crippen molar-refractivity contribution in [2.45, 2.75) is 83.8 Å². The summed E-state index contributed by atoms with van der Waals surface area (Å²) >= 11 is 0. The van der Waals surface area contributed by atoms with E-state index in [9.17, 15) is 9.59 Å². The summed E-state index contributed by atoms with van der Waals surface area (Å²) < 4.78 is 6.01. The number of furan rings is 1. The van der Waals surface area contributed by atoms with Crippen LogP contribution >= 0.6 is 0 Å². The molecule has 0 radical (unpaired) electrons. The number of hydrogen-bond acceptors (Lipinski definition) is 3. The first-order valence-corrected chi connectivity index (χ1v) is 11.5. The predicted octanol–water partition coefficient (Wildman–Crippen LogP) is 4.82. The van der Waals surface area contributed by atoms with Crippen molar-refractivity contribution in [2.75, 3.05) is 0 Å². The number of para-hydroxylation sites is 1. The van der Waals surface area contributed by atoms with E-state index in [1.54, 1.807) is 0 Å². The van der Waals surface area contributed by atoms with Gasteiger partial charge in [0.05, 0.1) is 5.41 Å². The van der Waals surface area contributed by atoms with Crippen LogP contribution in [0.4, 0.5) is 0 Å². The fourth-order valence-corrected chi connectivity index (χ4v) is 5.71. The highest BCUT2D eigenvalue weighted by Gasteiger charge is 2.61. The quantitative estimate of drug-likeness (QED) is 0.745. The van der Waals surface area contributed by atoms with E-state index in [1.807, 2.05) is 36.1 Å². The summed E-state index contributed by atoms with van der Waals surface area (Å²) in [5.74, 6) is 1.12. The molecule has 3 fully saturated rings. The maximum absolute atomic E-state index is 13.7. The lowest BCUT2D eigenvalue weighted by molar-refractivity contribution is -0.133. The third kappa shape index (κ3) is 3.05. The summed E-state index contributed by atoms with van der Waals surface area (Å²) in [5.41, 5.74) is 1.20. The van der Waals surface area contributed by atoms with Crippen LogP contribution in [0.1, 0.15) is 74.9 Å². The number of aryl methyl sites for hydroxylation is 1. The van der Waals surface area contributed by atoms with Crippen molar-refractivity contribution in [3.8, 4) is 0 Å². The highest BCUT2D eigenvalue weighted by Crippen LogP contribution is 2.54. The fourth-order valence-electron chi connectivity index (χ4n) is 5.71. The van der Waals surface area contributed by atoms with Gasteiger partial charge in [-0.05, 0) is 63.9 Å². The third-order valence-electron chi connectivity index (χ3n) is 7.55. The van der Waals surface area contributed by atoms with Gasteiger partial charge < -0.3 is 14.6 Å². The Morgan fingerprint density at radius 1 is 1.20 bits per heavy atom. The molecule has 1 N–H and O–H groups in total. The average molecular weight is 409 g/mol. The van der Waals surface area contributed by atoms with E-state index < -0.39 is 5.41 Å². The highest BCUT2D eigenvalue weighted by molar-refractivity contribution is 6.00. The van der Waals surface area contributed by atoms with Gasteiger partial charge in [-0.3, -0.25) is 9.59 Å². The molecule has 3 heterocycles. The van der Waals surface area contributed by atoms with E-state index in [0.29, 0.717) is 17.7 Å². The molecule has 0 spiro atoms. The lowest BCUT2D eigenvalue weighted by Gasteiger charge is -2.36. The van der Waals surface area contributed by atoms with Crippen molar-refractivity contribution >= 4 is 22.8 Å². The van der Waals surface area contributed by atoms with Crippen LogP contribution in [-0.2, 0) is 4.79 Å². The van der Waals surface area contributed by atoms with Crippen LogP contribution in [0, 0.1) is 18.3 Å². The summed E-state index contributed by atoms with van der Waals surface area (Å²) in [7, 11) is 0. The molecule has 30 heavy (non-hydrogen) atoms. The lowest BCUT2D eigenvalue weighted by Crippen LogP contribution is -2.50. The van der Waals surface area contributed by atoms with Crippen LogP contribution in [0.5, 0.6) is 0 Å². The second-order valence-electron chi connectivity index (χ2n) is 10.1. The molecule has 5 nitrogen and oxygen atoms in total. The van der Waals surface area contributed by atoms with E-state index in [2.05, 4.69) is 19.2 Å². The zero-order valence-corrected chi connectivity index (χ0v) is 18.2. The Hall–Kier alpha value is -2.30. The van der Waals surface area contributed by atoms with Crippen molar-refractivity contribution in [1.29, 1.82) is 0 Å². The molecule has 2 saturated heterocycles. The zero-order chi connectivity index (χ0) is 21.0. The van der Waals surface area contributed by atoms with Crippen molar-refractivity contribution in [1.82, 2.24) is 10.2 Å². The number of fused-ring (bicyclic) bond motifs is 3. The average Bonchev–Trinajstić information content (AvgIpc) is 3.23. The Balaban J connectivity index is 1.47. The van der Waals surface area contributed by atoms with Crippen LogP contribution in [0.3, 0.4) is 0 Å². The van der Waals surface area contributed by atoms with Crippen molar-refractivity contribution < 1.29 is 14.0 Å². The first-order chi connectivity index (χ1) is 14.4. The van der Waals surface area contributed by atoms with Gasteiger partial charge in [-0.1, -0.05) is 32.0 Å². The number of amides is 2. The van der Waals surface area contributed by atoms with E-state index in [1.165, 1.54) is 0 Å². The normalized spacial score (nSPS) is 27.9. The molecule has 3 aliphatic rings. The topological polar surface area (TPSA) is 62.6 Å². The molecular weight excluding hydrogens is 376 g/mol. The number of carbonyl (C=O) groups excluding carboxylic acids is 2. The first-order valence-electron chi connectivity index (χ1n) is 11.5. The summed E-state index contributed by atoms with van der Waals surface area (Å²) in [4.78, 5) is 29.2. The van der Waals surface area contributed by atoms with Crippen LogP contribution in [0.25, 0.3) is 11.0 Å². The highest BCUT2D eigenvalue weighted by atomic mass is 16.3. The lowest BCUT2D eigenvalue weighted by atomic mass is 9.69. The van der Waals surface area contributed by atoms with Gasteiger partial charge in [-0.15, -0.1) is 0 Å². The standard InChI is InChI=1S/C25H32N2O3/c1-15(2)12-13-25(24(29)26-17-8-9-17)14-18-10-11-21(25)27(18)23(28)22-16(3)19-6-4-5-7-20(19)30-22/h4-7,15,17-18,21H,8-14H2,1-3H3,(H,26,29)/t18-,21+,25+/m1/s1. The van der Waals surface area contributed by atoms with Crippen LogP contribution < -0.4 is 5.32 Å². The monoisotopic (exact) mass is 408 g/mol. The molecule has 1 aromatic heterocycles. The molecule has 2 aliphatic heterocycles. The van der Waals surface area contributed by atoms with E-state index >= 15 is 0 Å². The fraction of sp³-hybridized carbons (Fsp3) is 0.600. The van der Waals surface area contributed by atoms with Gasteiger partial charge in [0.1, 0.15) is 5.58 Å². The number of rotatable bonds is 6. The predicted molar refractivity (Wildman–Crippen MR) is 116 cm³/mol. The molecule has 1 saturated carbocycles. The maximum atomic E-state index is 13.7. The Kier molecular flexibility index (Phi) is 4.68. The van der Waals surface area contributed by atoms with Crippen molar-refractivity contribution in [3.63, 3.8) is 0 Å². The summed E-state index contributed by atoms with van der Waals surface area (Å²) in [6.45, 7) is 6.38. The van der Waals surface area contributed by atoms with Gasteiger partial charge in [-0.2, -0.15) is 0 Å². The minimum atomic E-state index is -0.453. The SMILES string of the molecule is Cc1c(C(=O)N2[C@@H]3CC[C@H]2[C@@](CCC(C)C)(C(=O)NC2CC2)C3)oc2ccccc12. The maximum Gasteiger partial charge on any atom is 0.290 e. The first kappa shape index (κ1) is 19.7. The van der Waals surface area contributed by atoms with Gasteiger partial charge in [0.15, 0.2) is 5.76 Å². The second-order valence-corrected chi connectivity index (χ2v) is 10.1. The van der Waals surface area contributed by atoms with Gasteiger partial charge in [0.25, 0.3) is 5.91 Å². The molecule has 2 bridgehead atoms. The molecule has 5 rings (SSSR count). The second kappa shape index (κ2) is 7.14. The molecule has 1 aliphatic carbocycles. The number of nitrogens with zero attached hydrogens (tertiary/aromatic N) is 1. The molecule has 3 atom stereocenters. The van der Waals surface area contributed by atoms with Crippen molar-refractivity contribution in [2.24, 2.45) is 11.3 Å². The summed E-state index contributed by atoms with van der Waals surface area (Å²) in [6, 6.07) is 8.25. The van der Waals surface area contributed by atoms with E-state index in [4.69, 9.17) is 4.42 Å². The number of nitrogens with one attached hydrogen (secondary N) is 1. The Bertz CT molecular complexity index is 989. The van der Waals surface area contributed by atoms with E-state index in [-0.39, 0.29) is 23.9 Å². The Morgan fingerprint density at radius 3 is 2.67 bits per heavy atom. The molecule has 5 heteroatoms. The van der Waals surface area contributed by atoms with Crippen LogP contribution in [-0.4, -0.2) is 34.8 Å². The molecule has 0 unspecified atom stereocenters. The van der Waals surface area contributed by atoms with Gasteiger partial charge in [-0.25, -0.2) is 0 Å². The number of hydrogen-bond donors (Lipinski definition) is 1.